The number of aryl methyl sites for hydroxylation is 1. The Hall–Kier alpha value is -1.40. The highest BCUT2D eigenvalue weighted by molar-refractivity contribution is 5.17. The van der Waals surface area contributed by atoms with Crippen LogP contribution in [-0.4, -0.2) is 15.1 Å². The fourth-order valence-corrected chi connectivity index (χ4v) is 1.10. The highest BCUT2D eigenvalue weighted by atomic mass is 16.3. The molecule has 68 valence electrons. The molecule has 0 aliphatic carbocycles. The van der Waals surface area contributed by atoms with E-state index < -0.39 is 6.10 Å². The zero-order chi connectivity index (χ0) is 9.68. The quantitative estimate of drug-likeness (QED) is 0.704. The smallest absolute Gasteiger partial charge is 0.115 e. The second-order valence-electron chi connectivity index (χ2n) is 2.82. The van der Waals surface area contributed by atoms with Gasteiger partial charge in [-0.25, -0.2) is 9.97 Å². The van der Waals surface area contributed by atoms with Crippen molar-refractivity contribution in [2.24, 2.45) is 0 Å². The normalized spacial score (nSPS) is 12.1. The van der Waals surface area contributed by atoms with Crippen LogP contribution >= 0.6 is 0 Å². The third kappa shape index (κ3) is 2.53. The summed E-state index contributed by atoms with van der Waals surface area (Å²) in [6.45, 7) is 1.84. The second kappa shape index (κ2) is 4.58. The van der Waals surface area contributed by atoms with Crippen LogP contribution in [0.5, 0.6) is 0 Å². The highest BCUT2D eigenvalue weighted by Crippen LogP contribution is 2.18. The molecule has 0 saturated heterocycles. The summed E-state index contributed by atoms with van der Waals surface area (Å²) in [6.07, 6.45) is 8.78. The number of hydrogen-bond acceptors (Lipinski definition) is 3. The molecule has 1 heterocycles. The van der Waals surface area contributed by atoms with Crippen molar-refractivity contribution in [2.75, 3.05) is 0 Å². The second-order valence-corrected chi connectivity index (χ2v) is 2.82. The van der Waals surface area contributed by atoms with Gasteiger partial charge in [0.15, 0.2) is 0 Å². The molecule has 1 N–H and O–H groups in total. The largest absolute Gasteiger partial charge is 0.388 e. The lowest BCUT2D eigenvalue weighted by Gasteiger charge is -2.09. The first-order valence-corrected chi connectivity index (χ1v) is 4.13. The van der Waals surface area contributed by atoms with Gasteiger partial charge < -0.3 is 5.11 Å². The maximum absolute atomic E-state index is 9.66. The van der Waals surface area contributed by atoms with Crippen LogP contribution in [0.4, 0.5) is 0 Å². The fourth-order valence-electron chi connectivity index (χ4n) is 1.10. The number of terminal acetylenes is 1. The molecule has 0 saturated carbocycles. The van der Waals surface area contributed by atoms with Crippen molar-refractivity contribution < 1.29 is 5.11 Å². The Morgan fingerprint density at radius 2 is 2.46 bits per heavy atom. The van der Waals surface area contributed by atoms with Crippen molar-refractivity contribution in [3.05, 3.63) is 23.8 Å². The van der Waals surface area contributed by atoms with Gasteiger partial charge in [-0.3, -0.25) is 0 Å². The van der Waals surface area contributed by atoms with E-state index in [4.69, 9.17) is 6.42 Å². The predicted molar refractivity (Wildman–Crippen MR) is 49.8 cm³/mol. The maximum Gasteiger partial charge on any atom is 0.115 e. The number of rotatable bonds is 3. The van der Waals surface area contributed by atoms with Crippen LogP contribution in [-0.2, 0) is 0 Å². The van der Waals surface area contributed by atoms with Crippen LogP contribution in [0.2, 0.25) is 0 Å². The molecule has 0 bridgehead atoms. The van der Waals surface area contributed by atoms with E-state index in [0.717, 1.165) is 11.3 Å². The molecular weight excluding hydrogens is 164 g/mol. The molecule has 13 heavy (non-hydrogen) atoms. The Labute approximate surface area is 77.9 Å². The minimum Gasteiger partial charge on any atom is -0.388 e. The number of aliphatic hydroxyl groups excluding tert-OH is 1. The Kier molecular flexibility index (Phi) is 3.41. The van der Waals surface area contributed by atoms with Gasteiger partial charge in [0.05, 0.1) is 6.10 Å². The van der Waals surface area contributed by atoms with E-state index in [-0.39, 0.29) is 0 Å². The van der Waals surface area contributed by atoms with Gasteiger partial charge in [0, 0.05) is 23.9 Å². The summed E-state index contributed by atoms with van der Waals surface area (Å²) in [5.41, 5.74) is 1.57. The first-order chi connectivity index (χ1) is 6.25. The van der Waals surface area contributed by atoms with Crippen molar-refractivity contribution in [1.82, 2.24) is 9.97 Å². The predicted octanol–water partition coefficient (Wildman–Crippen LogP) is 1.23. The lowest BCUT2D eigenvalue weighted by molar-refractivity contribution is 0.168. The molecule has 0 aliphatic heterocycles. The number of aromatic nitrogens is 2. The van der Waals surface area contributed by atoms with Crippen LogP contribution in [0.1, 0.15) is 30.2 Å². The van der Waals surface area contributed by atoms with Crippen molar-refractivity contribution in [2.45, 2.75) is 25.9 Å². The van der Waals surface area contributed by atoms with Crippen molar-refractivity contribution >= 4 is 0 Å². The lowest BCUT2D eigenvalue weighted by atomic mass is 10.1. The summed E-state index contributed by atoms with van der Waals surface area (Å²) < 4.78 is 0. The molecule has 1 rings (SSSR count). The number of nitrogens with zero attached hydrogens (tertiary/aromatic N) is 2. The van der Waals surface area contributed by atoms with E-state index in [1.165, 1.54) is 6.33 Å². The summed E-state index contributed by atoms with van der Waals surface area (Å²) >= 11 is 0. The van der Waals surface area contributed by atoms with Crippen LogP contribution in [0.25, 0.3) is 0 Å². The minimum absolute atomic E-state index is 0.544. The summed E-state index contributed by atoms with van der Waals surface area (Å²) in [4.78, 5) is 7.84. The maximum atomic E-state index is 9.66. The molecule has 3 nitrogen and oxygen atoms in total. The first-order valence-electron chi connectivity index (χ1n) is 4.13. The summed E-state index contributed by atoms with van der Waals surface area (Å²) in [6, 6.07) is 0. The van der Waals surface area contributed by atoms with Gasteiger partial charge in [-0.2, -0.15) is 0 Å². The zero-order valence-corrected chi connectivity index (χ0v) is 7.57. The van der Waals surface area contributed by atoms with Crippen LogP contribution < -0.4 is 0 Å². The van der Waals surface area contributed by atoms with Gasteiger partial charge in [0.1, 0.15) is 6.33 Å². The lowest BCUT2D eigenvalue weighted by Crippen LogP contribution is -2.02. The Morgan fingerprint density at radius 3 is 3.08 bits per heavy atom. The monoisotopic (exact) mass is 176 g/mol. The molecule has 0 amide bonds. The van der Waals surface area contributed by atoms with Crippen molar-refractivity contribution in [3.8, 4) is 12.3 Å². The summed E-state index contributed by atoms with van der Waals surface area (Å²) in [7, 11) is 0. The third-order valence-corrected chi connectivity index (χ3v) is 1.87. The molecule has 1 aromatic heterocycles. The van der Waals surface area contributed by atoms with Gasteiger partial charge in [-0.15, -0.1) is 12.3 Å². The topological polar surface area (TPSA) is 46.0 Å². The van der Waals surface area contributed by atoms with E-state index in [9.17, 15) is 5.11 Å². The average Bonchev–Trinajstić information content (AvgIpc) is 2.15. The highest BCUT2D eigenvalue weighted by Gasteiger charge is 2.09. The van der Waals surface area contributed by atoms with Gasteiger partial charge in [-0.05, 0) is 13.3 Å². The van der Waals surface area contributed by atoms with Gasteiger partial charge in [0.25, 0.3) is 0 Å². The van der Waals surface area contributed by atoms with Crippen molar-refractivity contribution in [1.29, 1.82) is 0 Å². The van der Waals surface area contributed by atoms with E-state index in [0.29, 0.717) is 12.8 Å². The van der Waals surface area contributed by atoms with E-state index >= 15 is 0 Å². The average molecular weight is 176 g/mol. The van der Waals surface area contributed by atoms with E-state index in [1.807, 2.05) is 6.92 Å². The Bertz CT molecular complexity index is 317. The fraction of sp³-hybridized carbons (Fsp3) is 0.400. The van der Waals surface area contributed by atoms with Crippen LogP contribution in [0.15, 0.2) is 12.5 Å². The van der Waals surface area contributed by atoms with Crippen molar-refractivity contribution in [3.63, 3.8) is 0 Å². The molecule has 1 unspecified atom stereocenters. The molecule has 1 atom stereocenters. The molecule has 0 radical (unpaired) electrons. The number of aliphatic hydroxyl groups is 1. The third-order valence-electron chi connectivity index (χ3n) is 1.87. The van der Waals surface area contributed by atoms with E-state index in [1.54, 1.807) is 6.20 Å². The van der Waals surface area contributed by atoms with E-state index in [2.05, 4.69) is 15.9 Å². The van der Waals surface area contributed by atoms with Gasteiger partial charge in [-0.1, -0.05) is 0 Å². The SMILES string of the molecule is C#CCCC(O)c1cncnc1C. The Balaban J connectivity index is 2.72. The summed E-state index contributed by atoms with van der Waals surface area (Å²) in [5.74, 6) is 2.49. The number of hydrogen-bond donors (Lipinski definition) is 1. The van der Waals surface area contributed by atoms with Crippen LogP contribution in [0.3, 0.4) is 0 Å². The molecule has 1 aromatic rings. The molecule has 0 spiro atoms. The standard InChI is InChI=1S/C10H12N2O/c1-3-4-5-10(13)9-6-11-7-12-8(9)2/h1,6-7,10,13H,4-5H2,2H3. The molecule has 0 fully saturated rings. The van der Waals surface area contributed by atoms with Gasteiger partial charge in [0.2, 0.25) is 0 Å². The zero-order valence-electron chi connectivity index (χ0n) is 7.57. The molecule has 0 aliphatic rings. The molecule has 0 aromatic carbocycles. The molecule has 3 heteroatoms. The molecular formula is C10H12N2O. The minimum atomic E-state index is -0.544. The Morgan fingerprint density at radius 1 is 1.69 bits per heavy atom. The van der Waals surface area contributed by atoms with Crippen LogP contribution in [0, 0.1) is 19.3 Å². The summed E-state index contributed by atoms with van der Waals surface area (Å²) in [5, 5.41) is 9.66. The first kappa shape index (κ1) is 9.69. The van der Waals surface area contributed by atoms with Gasteiger partial charge >= 0.3 is 0 Å².